The normalized spacial score (nSPS) is 10.7. The molecule has 0 aliphatic rings. The molecule has 122 valence electrons. The fourth-order valence-electron chi connectivity index (χ4n) is 2.86. The van der Waals surface area contributed by atoms with Gasteiger partial charge in [0, 0.05) is 16.2 Å². The lowest BCUT2D eigenvalue weighted by Crippen LogP contribution is -2.04. The highest BCUT2D eigenvalue weighted by atomic mass is 17.2. The zero-order valence-electron chi connectivity index (χ0n) is 13.2. The molecule has 0 saturated heterocycles. The molecule has 0 heterocycles. The molecule has 0 spiro atoms. The van der Waals surface area contributed by atoms with Gasteiger partial charge in [-0.15, -0.1) is 0 Å². The van der Waals surface area contributed by atoms with Gasteiger partial charge >= 0.3 is 0 Å². The van der Waals surface area contributed by atoms with E-state index in [0.29, 0.717) is 22.4 Å². The van der Waals surface area contributed by atoms with E-state index < -0.39 is 0 Å². The maximum Gasteiger partial charge on any atom is 0.196 e. The lowest BCUT2D eigenvalue weighted by Gasteiger charge is -2.12. The van der Waals surface area contributed by atoms with Gasteiger partial charge in [0.15, 0.2) is 17.8 Å². The first-order chi connectivity index (χ1) is 12.3. The van der Waals surface area contributed by atoms with Crippen LogP contribution in [-0.4, -0.2) is 11.4 Å². The van der Waals surface area contributed by atoms with Crippen molar-refractivity contribution < 1.29 is 19.7 Å². The lowest BCUT2D eigenvalue weighted by molar-refractivity contribution is -0.0971. The molecule has 0 bridgehead atoms. The highest BCUT2D eigenvalue weighted by Gasteiger charge is 2.12. The summed E-state index contributed by atoms with van der Waals surface area (Å²) in [6.07, 6.45) is 0.736. The second-order valence-electron chi connectivity index (χ2n) is 5.62. The number of fused-ring (bicyclic) bond motifs is 2. The second-order valence-corrected chi connectivity index (χ2v) is 5.62. The van der Waals surface area contributed by atoms with Crippen LogP contribution in [0.2, 0.25) is 0 Å². The lowest BCUT2D eigenvalue weighted by atomic mass is 10.1. The second kappa shape index (κ2) is 6.17. The molecule has 0 unspecified atom stereocenters. The van der Waals surface area contributed by atoms with Gasteiger partial charge in [-0.2, -0.15) is 0 Å². The van der Waals surface area contributed by atoms with E-state index in [2.05, 4.69) is 0 Å². The monoisotopic (exact) mass is 330 g/mol. The SMILES string of the molecule is O=Cc1ccc2ccccc2c1OOc1ccc(O)c2ccccc12. The molecule has 0 aromatic heterocycles. The molecular formula is C21H14O4. The Morgan fingerprint density at radius 2 is 1.44 bits per heavy atom. The molecule has 0 fully saturated rings. The molecule has 4 heteroatoms. The first kappa shape index (κ1) is 15.0. The number of hydrogen-bond donors (Lipinski definition) is 1. The third-order valence-electron chi connectivity index (χ3n) is 4.11. The van der Waals surface area contributed by atoms with Crippen molar-refractivity contribution in [3.8, 4) is 17.2 Å². The highest BCUT2D eigenvalue weighted by Crippen LogP contribution is 2.34. The zero-order chi connectivity index (χ0) is 17.2. The summed E-state index contributed by atoms with van der Waals surface area (Å²) >= 11 is 0. The van der Waals surface area contributed by atoms with Gasteiger partial charge in [-0.25, -0.2) is 0 Å². The van der Waals surface area contributed by atoms with Crippen LogP contribution >= 0.6 is 0 Å². The van der Waals surface area contributed by atoms with Gasteiger partial charge in [0.1, 0.15) is 5.75 Å². The molecule has 4 aromatic rings. The predicted molar refractivity (Wildman–Crippen MR) is 96.2 cm³/mol. The van der Waals surface area contributed by atoms with Crippen molar-refractivity contribution in [2.75, 3.05) is 0 Å². The number of phenolic OH excluding ortho intramolecular Hbond substituents is 1. The number of carbonyl (C=O) groups excluding carboxylic acids is 1. The van der Waals surface area contributed by atoms with Crippen molar-refractivity contribution in [3.63, 3.8) is 0 Å². The molecule has 4 nitrogen and oxygen atoms in total. The topological polar surface area (TPSA) is 55.8 Å². The van der Waals surface area contributed by atoms with Crippen LogP contribution in [-0.2, 0) is 0 Å². The predicted octanol–water partition coefficient (Wildman–Crippen LogP) is 4.88. The van der Waals surface area contributed by atoms with Crippen LogP contribution in [0, 0.1) is 0 Å². The summed E-state index contributed by atoms with van der Waals surface area (Å²) < 4.78 is 0. The Labute approximate surface area is 143 Å². The fourth-order valence-corrected chi connectivity index (χ4v) is 2.86. The average Bonchev–Trinajstić information content (AvgIpc) is 2.67. The van der Waals surface area contributed by atoms with Crippen molar-refractivity contribution in [3.05, 3.63) is 78.4 Å². The van der Waals surface area contributed by atoms with E-state index in [-0.39, 0.29) is 5.75 Å². The Morgan fingerprint density at radius 3 is 2.24 bits per heavy atom. The zero-order valence-corrected chi connectivity index (χ0v) is 13.2. The van der Waals surface area contributed by atoms with Gasteiger partial charge in [-0.3, -0.25) is 14.6 Å². The van der Waals surface area contributed by atoms with Crippen molar-refractivity contribution in [1.82, 2.24) is 0 Å². The molecule has 0 aliphatic heterocycles. The fraction of sp³-hybridized carbons (Fsp3) is 0. The molecule has 0 atom stereocenters. The standard InChI is InChI=1S/C21H14O4/c22-13-15-10-9-14-5-1-2-6-16(14)21(15)25-24-20-12-11-19(23)17-7-3-4-8-18(17)20/h1-13,23H. The number of aldehydes is 1. The van der Waals surface area contributed by atoms with Crippen molar-refractivity contribution >= 4 is 27.8 Å². The molecule has 1 N–H and O–H groups in total. The number of benzene rings is 4. The average molecular weight is 330 g/mol. The summed E-state index contributed by atoms with van der Waals surface area (Å²) in [5.74, 6) is 0.991. The van der Waals surface area contributed by atoms with Gasteiger partial charge < -0.3 is 5.11 Å². The van der Waals surface area contributed by atoms with Gasteiger partial charge in [0.25, 0.3) is 0 Å². The Balaban J connectivity index is 1.77. The summed E-state index contributed by atoms with van der Waals surface area (Å²) in [6, 6.07) is 21.7. The number of phenols is 1. The van der Waals surface area contributed by atoms with Crippen LogP contribution in [0.4, 0.5) is 0 Å². The summed E-state index contributed by atoms with van der Waals surface area (Å²) in [4.78, 5) is 22.5. The van der Waals surface area contributed by atoms with Gasteiger partial charge in [0.2, 0.25) is 0 Å². The van der Waals surface area contributed by atoms with Gasteiger partial charge in [-0.1, -0.05) is 54.6 Å². The van der Waals surface area contributed by atoms with Crippen LogP contribution in [0.15, 0.2) is 72.8 Å². The minimum atomic E-state index is 0.168. The Kier molecular flexibility index (Phi) is 3.71. The molecular weight excluding hydrogens is 316 g/mol. The maximum atomic E-state index is 11.4. The molecule has 4 aromatic carbocycles. The number of hydrogen-bond acceptors (Lipinski definition) is 4. The van der Waals surface area contributed by atoms with E-state index in [1.165, 1.54) is 0 Å². The summed E-state index contributed by atoms with van der Waals surface area (Å²) in [7, 11) is 0. The molecule has 0 saturated carbocycles. The van der Waals surface area contributed by atoms with Crippen molar-refractivity contribution in [1.29, 1.82) is 0 Å². The van der Waals surface area contributed by atoms with E-state index in [9.17, 15) is 9.90 Å². The number of rotatable bonds is 4. The van der Waals surface area contributed by atoms with Gasteiger partial charge in [0.05, 0.1) is 5.56 Å². The number of carbonyl (C=O) groups is 1. The van der Waals surface area contributed by atoms with Crippen LogP contribution < -0.4 is 9.78 Å². The minimum absolute atomic E-state index is 0.168. The van der Waals surface area contributed by atoms with E-state index in [1.54, 1.807) is 24.3 Å². The third kappa shape index (κ3) is 2.64. The molecule has 25 heavy (non-hydrogen) atoms. The molecule has 0 amide bonds. The van der Waals surface area contributed by atoms with E-state index in [0.717, 1.165) is 22.4 Å². The molecule has 4 rings (SSSR count). The third-order valence-corrected chi connectivity index (χ3v) is 4.11. The smallest absolute Gasteiger partial charge is 0.196 e. The Hall–Kier alpha value is -3.53. The Morgan fingerprint density at radius 1 is 0.720 bits per heavy atom. The first-order valence-electron chi connectivity index (χ1n) is 7.80. The largest absolute Gasteiger partial charge is 0.507 e. The molecule has 0 aliphatic carbocycles. The first-order valence-corrected chi connectivity index (χ1v) is 7.80. The van der Waals surface area contributed by atoms with Crippen LogP contribution in [0.5, 0.6) is 17.2 Å². The van der Waals surface area contributed by atoms with Crippen molar-refractivity contribution in [2.24, 2.45) is 0 Å². The number of aromatic hydroxyl groups is 1. The summed E-state index contributed by atoms with van der Waals surface area (Å²) in [5.41, 5.74) is 0.404. The van der Waals surface area contributed by atoms with Crippen molar-refractivity contribution in [2.45, 2.75) is 0 Å². The van der Waals surface area contributed by atoms with Crippen LogP contribution in [0.25, 0.3) is 21.5 Å². The van der Waals surface area contributed by atoms with Gasteiger partial charge in [-0.05, 0) is 23.6 Å². The van der Waals surface area contributed by atoms with Crippen LogP contribution in [0.3, 0.4) is 0 Å². The summed E-state index contributed by atoms with van der Waals surface area (Å²) in [5, 5.41) is 13.1. The summed E-state index contributed by atoms with van der Waals surface area (Å²) in [6.45, 7) is 0. The minimum Gasteiger partial charge on any atom is -0.507 e. The maximum absolute atomic E-state index is 11.4. The van der Waals surface area contributed by atoms with E-state index in [4.69, 9.17) is 9.78 Å². The quantitative estimate of drug-likeness (QED) is 0.329. The van der Waals surface area contributed by atoms with E-state index in [1.807, 2.05) is 48.5 Å². The highest BCUT2D eigenvalue weighted by molar-refractivity contribution is 5.96. The van der Waals surface area contributed by atoms with Crippen LogP contribution in [0.1, 0.15) is 10.4 Å². The molecule has 0 radical (unpaired) electrons. The Bertz CT molecular complexity index is 1090. The van der Waals surface area contributed by atoms with E-state index >= 15 is 0 Å².